The largest absolute Gasteiger partial charge is 0.491 e. The summed E-state index contributed by atoms with van der Waals surface area (Å²) in [5.41, 5.74) is 2.49. The molecule has 2 aliphatic heterocycles. The van der Waals surface area contributed by atoms with Gasteiger partial charge in [0.05, 0.1) is 11.6 Å². The number of benzene rings is 3. The van der Waals surface area contributed by atoms with Crippen LogP contribution in [0.3, 0.4) is 0 Å². The van der Waals surface area contributed by atoms with Gasteiger partial charge in [0.2, 0.25) is 0 Å². The number of carbonyl (C=O) groups is 1. The molecule has 0 aliphatic carbocycles. The lowest BCUT2D eigenvalue weighted by Gasteiger charge is -2.36. The zero-order valence-corrected chi connectivity index (χ0v) is 23.9. The zero-order chi connectivity index (χ0) is 28.1. The van der Waals surface area contributed by atoms with E-state index >= 15 is 0 Å². The lowest BCUT2D eigenvalue weighted by Crippen LogP contribution is -2.48. The van der Waals surface area contributed by atoms with Gasteiger partial charge in [-0.1, -0.05) is 41.9 Å². The molecule has 3 aromatic rings. The van der Waals surface area contributed by atoms with Crippen molar-refractivity contribution in [3.05, 3.63) is 101 Å². The Morgan fingerprint density at radius 1 is 1.00 bits per heavy atom. The van der Waals surface area contributed by atoms with Gasteiger partial charge < -0.3 is 28.7 Å². The average molecular weight is 584 g/mol. The van der Waals surface area contributed by atoms with E-state index < -0.39 is 5.79 Å². The molecule has 2 saturated heterocycles. The number of anilines is 1. The van der Waals surface area contributed by atoms with Gasteiger partial charge in [-0.3, -0.25) is 4.79 Å². The van der Waals surface area contributed by atoms with Crippen LogP contribution in [-0.4, -0.2) is 62.9 Å². The van der Waals surface area contributed by atoms with Crippen molar-refractivity contribution < 1.29 is 23.7 Å². The Morgan fingerprint density at radius 3 is 2.35 bits per heavy atom. The molecule has 2 heterocycles. The topological polar surface area (TPSA) is 60.5 Å². The summed E-state index contributed by atoms with van der Waals surface area (Å²) in [4.78, 5) is 17.1. The van der Waals surface area contributed by atoms with Crippen LogP contribution in [0.2, 0.25) is 10.0 Å². The van der Waals surface area contributed by atoms with Crippen LogP contribution in [0.1, 0.15) is 22.8 Å². The predicted molar refractivity (Wildman–Crippen MR) is 157 cm³/mol. The molecule has 7 nitrogen and oxygen atoms in total. The van der Waals surface area contributed by atoms with Gasteiger partial charge >= 0.3 is 0 Å². The normalized spacial score (nSPS) is 20.8. The molecule has 9 heteroatoms. The Labute approximate surface area is 244 Å². The van der Waals surface area contributed by atoms with Crippen molar-refractivity contribution in [2.24, 2.45) is 0 Å². The van der Waals surface area contributed by atoms with Gasteiger partial charge in [0.25, 0.3) is 5.91 Å². The van der Waals surface area contributed by atoms with Crippen LogP contribution >= 0.6 is 23.2 Å². The molecule has 0 aromatic heterocycles. The number of nitrogens with zero attached hydrogens (tertiary/aromatic N) is 2. The first-order valence-electron chi connectivity index (χ1n) is 13.2. The fourth-order valence-electron chi connectivity index (χ4n) is 4.86. The van der Waals surface area contributed by atoms with Crippen LogP contribution in [0.4, 0.5) is 5.69 Å². The highest BCUT2D eigenvalue weighted by molar-refractivity contribution is 6.35. The number of piperazine rings is 1. The van der Waals surface area contributed by atoms with Gasteiger partial charge in [-0.25, -0.2) is 0 Å². The molecular formula is C31H32Cl2N2O5. The van der Waals surface area contributed by atoms with Gasteiger partial charge in [0.15, 0.2) is 5.79 Å². The summed E-state index contributed by atoms with van der Waals surface area (Å²) < 4.78 is 23.6. The molecule has 0 radical (unpaired) electrons. The summed E-state index contributed by atoms with van der Waals surface area (Å²) >= 11 is 12.4. The Kier molecular flexibility index (Phi) is 8.86. The fourth-order valence-corrected chi connectivity index (χ4v) is 5.44. The zero-order valence-electron chi connectivity index (χ0n) is 22.4. The minimum absolute atomic E-state index is 0.0335. The third-order valence-corrected chi connectivity index (χ3v) is 7.58. The number of rotatable bonds is 9. The van der Waals surface area contributed by atoms with Crippen molar-refractivity contribution in [1.29, 1.82) is 0 Å². The minimum atomic E-state index is -0.952. The molecule has 0 unspecified atom stereocenters. The van der Waals surface area contributed by atoms with E-state index in [4.69, 9.17) is 42.1 Å². The first kappa shape index (κ1) is 28.3. The average Bonchev–Trinajstić information content (AvgIpc) is 3.36. The Balaban J connectivity index is 1.09. The van der Waals surface area contributed by atoms with Crippen molar-refractivity contribution >= 4 is 34.8 Å². The summed E-state index contributed by atoms with van der Waals surface area (Å²) in [6.45, 7) is 9.49. The number of hydrogen-bond acceptors (Lipinski definition) is 6. The second-order valence-corrected chi connectivity index (χ2v) is 10.7. The van der Waals surface area contributed by atoms with Gasteiger partial charge in [-0.2, -0.15) is 0 Å². The third kappa shape index (κ3) is 6.56. The highest BCUT2D eigenvalue weighted by Crippen LogP contribution is 2.38. The van der Waals surface area contributed by atoms with Crippen molar-refractivity contribution in [1.82, 2.24) is 4.90 Å². The first-order valence-corrected chi connectivity index (χ1v) is 14.0. The first-order chi connectivity index (χ1) is 19.3. The van der Waals surface area contributed by atoms with Crippen LogP contribution in [0.5, 0.6) is 11.5 Å². The highest BCUT2D eigenvalue weighted by atomic mass is 35.5. The van der Waals surface area contributed by atoms with E-state index in [1.807, 2.05) is 66.4 Å². The predicted octanol–water partition coefficient (Wildman–Crippen LogP) is 6.19. The van der Waals surface area contributed by atoms with Crippen molar-refractivity contribution in [3.63, 3.8) is 0 Å². The number of amides is 1. The lowest BCUT2D eigenvalue weighted by atomic mass is 10.1. The van der Waals surface area contributed by atoms with E-state index in [1.165, 1.54) is 0 Å². The van der Waals surface area contributed by atoms with Gasteiger partial charge in [-0.05, 0) is 67.6 Å². The third-order valence-electron chi connectivity index (χ3n) is 7.03. The summed E-state index contributed by atoms with van der Waals surface area (Å²) in [5.74, 6) is 0.553. The molecule has 2 aliphatic rings. The summed E-state index contributed by atoms with van der Waals surface area (Å²) in [6.07, 6.45) is 1.45. The molecule has 0 N–H and O–H groups in total. The molecule has 1 amide bonds. The molecule has 0 spiro atoms. The molecule has 2 atom stereocenters. The molecule has 210 valence electrons. The molecule has 3 aromatic carbocycles. The molecule has 0 saturated carbocycles. The monoisotopic (exact) mass is 582 g/mol. The van der Waals surface area contributed by atoms with Gasteiger partial charge in [0, 0.05) is 48.0 Å². The molecule has 5 rings (SSSR count). The summed E-state index contributed by atoms with van der Waals surface area (Å²) in [5, 5.41) is 1.06. The number of carbonyl (C=O) groups excluding carboxylic acids is 1. The molecule has 0 bridgehead atoms. The maximum atomic E-state index is 12.9. The van der Waals surface area contributed by atoms with Crippen LogP contribution in [0.25, 0.3) is 0 Å². The number of halogens is 2. The maximum absolute atomic E-state index is 12.9. The van der Waals surface area contributed by atoms with Crippen LogP contribution < -0.4 is 14.4 Å². The standard InChI is InChI=1S/C31H32Cl2N2O5/c1-3-18-37-25-9-4-22(5-10-25)30(36)35-16-14-34(15-17-35)24-7-11-26(12-8-24)38-20-27-21-39-31(2,40-27)28-13-6-23(32)19-29(28)33/h3-13,19,27H,1,14-18,20-21H2,2H3/t27-,31+/m1/s1. The second-order valence-electron chi connectivity index (χ2n) is 9.83. The Hall–Kier alpha value is -3.23. The van der Waals surface area contributed by atoms with Crippen molar-refractivity contribution in [2.45, 2.75) is 18.8 Å². The second kappa shape index (κ2) is 12.5. The highest BCUT2D eigenvalue weighted by Gasteiger charge is 2.40. The van der Waals surface area contributed by atoms with Crippen molar-refractivity contribution in [3.8, 4) is 11.5 Å². The number of ether oxygens (including phenoxy) is 4. The summed E-state index contributed by atoms with van der Waals surface area (Å²) in [6, 6.07) is 20.5. The molecule has 40 heavy (non-hydrogen) atoms. The number of hydrogen-bond donors (Lipinski definition) is 0. The summed E-state index contributed by atoms with van der Waals surface area (Å²) in [7, 11) is 0. The van der Waals surface area contributed by atoms with E-state index in [0.29, 0.717) is 48.5 Å². The fraction of sp³-hybridized carbons (Fsp3) is 0.323. The maximum Gasteiger partial charge on any atom is 0.253 e. The van der Waals surface area contributed by atoms with Crippen LogP contribution in [0, 0.1) is 0 Å². The van der Waals surface area contributed by atoms with E-state index in [2.05, 4.69) is 11.5 Å². The lowest BCUT2D eigenvalue weighted by molar-refractivity contribution is -0.164. The Bertz CT molecular complexity index is 1330. The molecular weight excluding hydrogens is 551 g/mol. The van der Waals surface area contributed by atoms with E-state index in [0.717, 1.165) is 35.8 Å². The molecule has 2 fully saturated rings. The Morgan fingerprint density at radius 2 is 1.68 bits per heavy atom. The van der Waals surface area contributed by atoms with Gasteiger partial charge in [0.1, 0.15) is 30.8 Å². The van der Waals surface area contributed by atoms with E-state index in [-0.39, 0.29) is 12.0 Å². The van der Waals surface area contributed by atoms with E-state index in [1.54, 1.807) is 18.2 Å². The SMILES string of the molecule is C=CCOc1ccc(C(=O)N2CCN(c3ccc(OC[C@@H]4CO[C@](C)(c5ccc(Cl)cc5Cl)O4)cc3)CC2)cc1. The van der Waals surface area contributed by atoms with Crippen LogP contribution in [0.15, 0.2) is 79.4 Å². The van der Waals surface area contributed by atoms with Gasteiger partial charge in [-0.15, -0.1) is 0 Å². The minimum Gasteiger partial charge on any atom is -0.491 e. The smallest absolute Gasteiger partial charge is 0.253 e. The quantitative estimate of drug-likeness (QED) is 0.280. The van der Waals surface area contributed by atoms with E-state index in [9.17, 15) is 4.79 Å². The van der Waals surface area contributed by atoms with Crippen LogP contribution in [-0.2, 0) is 15.3 Å². The van der Waals surface area contributed by atoms with Crippen molar-refractivity contribution in [2.75, 3.05) is 50.9 Å².